The predicted molar refractivity (Wildman–Crippen MR) is 104 cm³/mol. The fourth-order valence-corrected chi connectivity index (χ4v) is 2.60. The first-order valence-corrected chi connectivity index (χ1v) is 9.05. The van der Waals surface area contributed by atoms with Gasteiger partial charge in [-0.1, -0.05) is 12.1 Å². The quantitative estimate of drug-likeness (QED) is 0.589. The van der Waals surface area contributed by atoms with Crippen molar-refractivity contribution >= 4 is 16.9 Å². The van der Waals surface area contributed by atoms with Crippen molar-refractivity contribution in [1.29, 1.82) is 0 Å². The lowest BCUT2D eigenvalue weighted by molar-refractivity contribution is 0.0946. The molecule has 0 saturated carbocycles. The van der Waals surface area contributed by atoms with E-state index in [9.17, 15) is 4.79 Å². The molecule has 0 fully saturated rings. The standard InChI is InChI=1S/C21H23N3O3/c1-2-26-12-5-13-27-17-7-3-6-16(14-17)15-23-21(25)20-10-9-18-19(24-20)8-4-11-22-18/h3-4,6-11,14H,2,5,12-13,15H2,1H3,(H,23,25). The number of carbonyl (C=O) groups is 1. The highest BCUT2D eigenvalue weighted by Crippen LogP contribution is 2.14. The van der Waals surface area contributed by atoms with Gasteiger partial charge in [0.2, 0.25) is 0 Å². The lowest BCUT2D eigenvalue weighted by Crippen LogP contribution is -2.23. The SMILES string of the molecule is CCOCCCOc1cccc(CNC(=O)c2ccc3ncccc3n2)c1. The van der Waals surface area contributed by atoms with Crippen LogP contribution < -0.4 is 10.1 Å². The minimum absolute atomic E-state index is 0.219. The molecule has 0 atom stereocenters. The molecule has 0 aliphatic heterocycles. The molecule has 0 radical (unpaired) electrons. The fourth-order valence-electron chi connectivity index (χ4n) is 2.60. The van der Waals surface area contributed by atoms with Crippen LogP contribution in [0.25, 0.3) is 11.0 Å². The van der Waals surface area contributed by atoms with Gasteiger partial charge in [-0.25, -0.2) is 4.98 Å². The number of rotatable bonds is 9. The van der Waals surface area contributed by atoms with Crippen LogP contribution in [0.4, 0.5) is 0 Å². The summed E-state index contributed by atoms with van der Waals surface area (Å²) in [5.41, 5.74) is 2.81. The molecular formula is C21H23N3O3. The van der Waals surface area contributed by atoms with Gasteiger partial charge in [-0.05, 0) is 48.9 Å². The zero-order chi connectivity index (χ0) is 18.9. The number of hydrogen-bond acceptors (Lipinski definition) is 5. The molecule has 2 heterocycles. The maximum Gasteiger partial charge on any atom is 0.270 e. The highest BCUT2D eigenvalue weighted by Gasteiger charge is 2.08. The Morgan fingerprint density at radius 1 is 1.07 bits per heavy atom. The normalized spacial score (nSPS) is 10.7. The molecule has 1 N–H and O–H groups in total. The molecule has 0 unspecified atom stereocenters. The van der Waals surface area contributed by atoms with E-state index in [-0.39, 0.29) is 5.91 Å². The maximum atomic E-state index is 12.4. The maximum absolute atomic E-state index is 12.4. The second-order valence-electron chi connectivity index (χ2n) is 5.97. The summed E-state index contributed by atoms with van der Waals surface area (Å²) in [4.78, 5) is 20.9. The third-order valence-electron chi connectivity index (χ3n) is 3.95. The first-order valence-electron chi connectivity index (χ1n) is 9.05. The van der Waals surface area contributed by atoms with E-state index in [0.717, 1.165) is 29.9 Å². The summed E-state index contributed by atoms with van der Waals surface area (Å²) in [6.07, 6.45) is 2.55. The van der Waals surface area contributed by atoms with Crippen molar-refractivity contribution < 1.29 is 14.3 Å². The van der Waals surface area contributed by atoms with Crippen LogP contribution in [0, 0.1) is 0 Å². The topological polar surface area (TPSA) is 73.3 Å². The van der Waals surface area contributed by atoms with Crippen molar-refractivity contribution in [2.75, 3.05) is 19.8 Å². The van der Waals surface area contributed by atoms with Gasteiger partial charge in [-0.2, -0.15) is 0 Å². The molecular weight excluding hydrogens is 342 g/mol. The van der Waals surface area contributed by atoms with Gasteiger partial charge in [-0.3, -0.25) is 9.78 Å². The van der Waals surface area contributed by atoms with Gasteiger partial charge in [0.1, 0.15) is 11.4 Å². The zero-order valence-corrected chi connectivity index (χ0v) is 15.4. The van der Waals surface area contributed by atoms with Crippen LogP contribution in [-0.2, 0) is 11.3 Å². The Morgan fingerprint density at radius 2 is 2.00 bits per heavy atom. The summed E-state index contributed by atoms with van der Waals surface area (Å²) in [7, 11) is 0. The average Bonchev–Trinajstić information content (AvgIpc) is 2.72. The van der Waals surface area contributed by atoms with Crippen LogP contribution in [0.15, 0.2) is 54.7 Å². The Bertz CT molecular complexity index is 898. The van der Waals surface area contributed by atoms with Gasteiger partial charge in [0, 0.05) is 32.4 Å². The van der Waals surface area contributed by atoms with Gasteiger partial charge in [0.05, 0.1) is 17.6 Å². The monoisotopic (exact) mass is 365 g/mol. The van der Waals surface area contributed by atoms with E-state index >= 15 is 0 Å². The number of aromatic nitrogens is 2. The van der Waals surface area contributed by atoms with E-state index in [0.29, 0.717) is 31.0 Å². The van der Waals surface area contributed by atoms with Crippen LogP contribution in [-0.4, -0.2) is 35.7 Å². The molecule has 3 rings (SSSR count). The van der Waals surface area contributed by atoms with Crippen molar-refractivity contribution in [3.8, 4) is 5.75 Å². The number of nitrogens with one attached hydrogen (secondary N) is 1. The van der Waals surface area contributed by atoms with E-state index in [1.165, 1.54) is 0 Å². The molecule has 6 heteroatoms. The number of nitrogens with zero attached hydrogens (tertiary/aromatic N) is 2. The number of pyridine rings is 2. The Morgan fingerprint density at radius 3 is 2.89 bits per heavy atom. The van der Waals surface area contributed by atoms with Crippen molar-refractivity contribution in [3.63, 3.8) is 0 Å². The van der Waals surface area contributed by atoms with Crippen molar-refractivity contribution in [2.45, 2.75) is 19.9 Å². The molecule has 0 saturated heterocycles. The zero-order valence-electron chi connectivity index (χ0n) is 15.4. The Hall–Kier alpha value is -2.99. The van der Waals surface area contributed by atoms with E-state index < -0.39 is 0 Å². The van der Waals surface area contributed by atoms with Gasteiger partial charge < -0.3 is 14.8 Å². The largest absolute Gasteiger partial charge is 0.493 e. The van der Waals surface area contributed by atoms with Crippen molar-refractivity contribution in [1.82, 2.24) is 15.3 Å². The number of fused-ring (bicyclic) bond motifs is 1. The smallest absolute Gasteiger partial charge is 0.270 e. The van der Waals surface area contributed by atoms with E-state index in [2.05, 4.69) is 15.3 Å². The molecule has 0 aliphatic carbocycles. The summed E-state index contributed by atoms with van der Waals surface area (Å²) in [6.45, 7) is 4.40. The van der Waals surface area contributed by atoms with Crippen LogP contribution in [0.1, 0.15) is 29.4 Å². The summed E-state index contributed by atoms with van der Waals surface area (Å²) in [5, 5.41) is 2.89. The van der Waals surface area contributed by atoms with Crippen molar-refractivity contribution in [2.24, 2.45) is 0 Å². The minimum atomic E-state index is -0.219. The van der Waals surface area contributed by atoms with E-state index in [1.807, 2.05) is 37.3 Å². The highest BCUT2D eigenvalue weighted by atomic mass is 16.5. The number of amides is 1. The molecule has 6 nitrogen and oxygen atoms in total. The lowest BCUT2D eigenvalue weighted by atomic mass is 10.2. The fraction of sp³-hybridized carbons (Fsp3) is 0.286. The predicted octanol–water partition coefficient (Wildman–Crippen LogP) is 3.37. The van der Waals surface area contributed by atoms with Crippen LogP contribution >= 0.6 is 0 Å². The van der Waals surface area contributed by atoms with Crippen LogP contribution in [0.5, 0.6) is 5.75 Å². The number of carbonyl (C=O) groups excluding carboxylic acids is 1. The molecule has 2 aromatic heterocycles. The Labute approximate surface area is 158 Å². The number of benzene rings is 1. The minimum Gasteiger partial charge on any atom is -0.493 e. The van der Waals surface area contributed by atoms with Crippen molar-refractivity contribution in [3.05, 3.63) is 66.0 Å². The molecule has 0 aliphatic rings. The molecule has 0 spiro atoms. The molecule has 140 valence electrons. The third-order valence-corrected chi connectivity index (χ3v) is 3.95. The summed E-state index contributed by atoms with van der Waals surface area (Å²) in [6, 6.07) is 14.8. The first kappa shape index (κ1) is 18.8. The van der Waals surface area contributed by atoms with Gasteiger partial charge in [0.25, 0.3) is 5.91 Å². The van der Waals surface area contributed by atoms with E-state index in [4.69, 9.17) is 9.47 Å². The summed E-state index contributed by atoms with van der Waals surface area (Å²) < 4.78 is 11.0. The second kappa shape index (κ2) is 9.64. The lowest BCUT2D eigenvalue weighted by Gasteiger charge is -2.09. The van der Waals surface area contributed by atoms with Crippen LogP contribution in [0.2, 0.25) is 0 Å². The van der Waals surface area contributed by atoms with Crippen LogP contribution in [0.3, 0.4) is 0 Å². The molecule has 27 heavy (non-hydrogen) atoms. The van der Waals surface area contributed by atoms with E-state index in [1.54, 1.807) is 24.4 Å². The Kier molecular flexibility index (Phi) is 6.71. The molecule has 1 amide bonds. The Balaban J connectivity index is 1.54. The first-order chi connectivity index (χ1) is 13.3. The van der Waals surface area contributed by atoms with Gasteiger partial charge in [-0.15, -0.1) is 0 Å². The van der Waals surface area contributed by atoms with Gasteiger partial charge >= 0.3 is 0 Å². The third kappa shape index (κ3) is 5.49. The average molecular weight is 365 g/mol. The summed E-state index contributed by atoms with van der Waals surface area (Å²) >= 11 is 0. The molecule has 0 bridgehead atoms. The number of ether oxygens (including phenoxy) is 2. The molecule has 3 aromatic rings. The van der Waals surface area contributed by atoms with Gasteiger partial charge in [0.15, 0.2) is 0 Å². The summed E-state index contributed by atoms with van der Waals surface area (Å²) in [5.74, 6) is 0.567. The second-order valence-corrected chi connectivity index (χ2v) is 5.97. The highest BCUT2D eigenvalue weighted by molar-refractivity contribution is 5.94. The molecule has 1 aromatic carbocycles. The number of hydrogen-bond donors (Lipinski definition) is 1.